The molecule has 0 spiro atoms. The molecule has 1 N–H and O–H groups in total. The number of likely N-dealkylation sites (tertiary alicyclic amines) is 1. The van der Waals surface area contributed by atoms with Crippen LogP contribution in [0.3, 0.4) is 0 Å². The predicted octanol–water partition coefficient (Wildman–Crippen LogP) is 3.20. The second-order valence-corrected chi connectivity index (χ2v) is 7.81. The van der Waals surface area contributed by atoms with E-state index in [0.717, 1.165) is 30.4 Å². The van der Waals surface area contributed by atoms with Gasteiger partial charge in [-0.2, -0.15) is 18.2 Å². The zero-order chi connectivity index (χ0) is 22.7. The number of anilines is 3. The van der Waals surface area contributed by atoms with E-state index in [9.17, 15) is 18.0 Å². The van der Waals surface area contributed by atoms with Gasteiger partial charge in [0.05, 0.1) is 24.5 Å². The third-order valence-electron chi connectivity index (χ3n) is 5.63. The quantitative estimate of drug-likeness (QED) is 0.749. The summed E-state index contributed by atoms with van der Waals surface area (Å²) in [5.41, 5.74) is -0.0374. The van der Waals surface area contributed by atoms with Crippen LogP contribution in [-0.4, -0.2) is 65.2 Å². The molecule has 4 rings (SSSR count). The number of halogens is 3. The second-order valence-electron chi connectivity index (χ2n) is 7.81. The van der Waals surface area contributed by atoms with Gasteiger partial charge in [0.1, 0.15) is 11.6 Å². The fourth-order valence-electron chi connectivity index (χ4n) is 3.89. The topological polar surface area (TPSA) is 83.5 Å². The highest BCUT2D eigenvalue weighted by Crippen LogP contribution is 2.32. The number of carbonyl (C=O) groups excluding carboxylic acids is 1. The van der Waals surface area contributed by atoms with Crippen LogP contribution in [0.25, 0.3) is 0 Å². The van der Waals surface area contributed by atoms with Crippen LogP contribution in [0.2, 0.25) is 0 Å². The Morgan fingerprint density at radius 2 is 1.97 bits per heavy atom. The number of morpholine rings is 1. The second kappa shape index (κ2) is 9.27. The molecule has 2 aliphatic rings. The Morgan fingerprint density at radius 3 is 2.69 bits per heavy atom. The van der Waals surface area contributed by atoms with Gasteiger partial charge in [-0.1, -0.05) is 6.92 Å². The van der Waals surface area contributed by atoms with Gasteiger partial charge in [0, 0.05) is 50.8 Å². The van der Waals surface area contributed by atoms with E-state index < -0.39 is 11.7 Å². The molecule has 32 heavy (non-hydrogen) atoms. The number of alkyl halides is 3. The maximum Gasteiger partial charge on any atom is 0.416 e. The Kier molecular flexibility index (Phi) is 6.45. The molecule has 2 aromatic heterocycles. The summed E-state index contributed by atoms with van der Waals surface area (Å²) in [6.07, 6.45) is -2.13. The Bertz CT molecular complexity index is 965. The van der Waals surface area contributed by atoms with Crippen molar-refractivity contribution in [1.29, 1.82) is 0 Å². The normalized spacial score (nSPS) is 19.3. The number of carbonyl (C=O) groups is 1. The standard InChI is InChI=1S/C21H25F3N6O2/c1-2-19(31)30-6-4-14(13-30)16-12-18(28-20(26-16)29-7-9-32-10-8-29)27-17-11-15(3-5-25-17)21(22,23)24/h3,5,11-12,14H,2,4,6-10,13H2,1H3,(H,25,26,27,28). The number of pyridine rings is 1. The first-order valence-corrected chi connectivity index (χ1v) is 10.6. The molecule has 2 fully saturated rings. The van der Waals surface area contributed by atoms with E-state index in [1.807, 2.05) is 16.7 Å². The zero-order valence-corrected chi connectivity index (χ0v) is 17.7. The predicted molar refractivity (Wildman–Crippen MR) is 112 cm³/mol. The molecule has 4 heterocycles. The molecule has 11 heteroatoms. The number of hydrogen-bond acceptors (Lipinski definition) is 7. The van der Waals surface area contributed by atoms with Crippen LogP contribution < -0.4 is 10.2 Å². The van der Waals surface area contributed by atoms with Crippen LogP contribution >= 0.6 is 0 Å². The lowest BCUT2D eigenvalue weighted by atomic mass is 10.0. The van der Waals surface area contributed by atoms with Crippen molar-refractivity contribution < 1.29 is 22.7 Å². The summed E-state index contributed by atoms with van der Waals surface area (Å²) in [5.74, 6) is 1.03. The number of ether oxygens (including phenoxy) is 1. The largest absolute Gasteiger partial charge is 0.416 e. The van der Waals surface area contributed by atoms with E-state index in [1.165, 1.54) is 0 Å². The first-order chi connectivity index (χ1) is 15.3. The number of rotatable bonds is 5. The van der Waals surface area contributed by atoms with Crippen molar-refractivity contribution in [3.63, 3.8) is 0 Å². The van der Waals surface area contributed by atoms with Crippen molar-refractivity contribution in [1.82, 2.24) is 19.9 Å². The molecule has 2 saturated heterocycles. The third-order valence-corrected chi connectivity index (χ3v) is 5.63. The van der Waals surface area contributed by atoms with Gasteiger partial charge in [0.25, 0.3) is 0 Å². The Hall–Kier alpha value is -2.95. The van der Waals surface area contributed by atoms with Crippen molar-refractivity contribution in [2.75, 3.05) is 49.6 Å². The van der Waals surface area contributed by atoms with Crippen molar-refractivity contribution >= 4 is 23.5 Å². The first kappa shape index (κ1) is 22.3. The maximum atomic E-state index is 13.1. The average Bonchev–Trinajstić information content (AvgIpc) is 3.29. The van der Waals surface area contributed by atoms with E-state index in [4.69, 9.17) is 9.72 Å². The molecule has 2 aliphatic heterocycles. The summed E-state index contributed by atoms with van der Waals surface area (Å²) in [4.78, 5) is 29.2. The fraction of sp³-hybridized carbons (Fsp3) is 0.524. The number of amides is 1. The van der Waals surface area contributed by atoms with E-state index >= 15 is 0 Å². The lowest BCUT2D eigenvalue weighted by Gasteiger charge is -2.28. The Labute approximate surface area is 183 Å². The van der Waals surface area contributed by atoms with Crippen LogP contribution in [0.1, 0.15) is 36.9 Å². The molecule has 0 bridgehead atoms. The highest BCUT2D eigenvalue weighted by Gasteiger charge is 2.31. The molecular weight excluding hydrogens is 425 g/mol. The minimum atomic E-state index is -4.46. The van der Waals surface area contributed by atoms with Gasteiger partial charge in [0.2, 0.25) is 11.9 Å². The highest BCUT2D eigenvalue weighted by atomic mass is 19.4. The van der Waals surface area contributed by atoms with Crippen molar-refractivity contribution in [2.24, 2.45) is 0 Å². The molecule has 8 nitrogen and oxygen atoms in total. The van der Waals surface area contributed by atoms with E-state index in [1.54, 1.807) is 6.07 Å². The lowest BCUT2D eigenvalue weighted by Crippen LogP contribution is -2.37. The first-order valence-electron chi connectivity index (χ1n) is 10.6. The maximum absolute atomic E-state index is 13.1. The molecule has 0 aromatic carbocycles. The monoisotopic (exact) mass is 450 g/mol. The van der Waals surface area contributed by atoms with Crippen LogP contribution in [0.5, 0.6) is 0 Å². The van der Waals surface area contributed by atoms with E-state index in [-0.39, 0.29) is 17.6 Å². The fourth-order valence-corrected chi connectivity index (χ4v) is 3.89. The molecule has 1 unspecified atom stereocenters. The third kappa shape index (κ3) is 5.09. The Morgan fingerprint density at radius 1 is 1.19 bits per heavy atom. The Balaban J connectivity index is 1.63. The van der Waals surface area contributed by atoms with Gasteiger partial charge in [-0.15, -0.1) is 0 Å². The molecule has 1 atom stereocenters. The van der Waals surface area contributed by atoms with E-state index in [0.29, 0.717) is 57.6 Å². The van der Waals surface area contributed by atoms with Crippen LogP contribution in [0, 0.1) is 0 Å². The molecule has 1 amide bonds. The van der Waals surface area contributed by atoms with Gasteiger partial charge in [-0.3, -0.25) is 4.79 Å². The summed E-state index contributed by atoms with van der Waals surface area (Å²) in [6.45, 7) is 5.40. The SMILES string of the molecule is CCC(=O)N1CCC(c2cc(Nc3cc(C(F)(F)F)ccn3)nc(N3CCOCC3)n2)C1. The van der Waals surface area contributed by atoms with Crippen molar-refractivity contribution in [3.8, 4) is 0 Å². The molecular formula is C21H25F3N6O2. The summed E-state index contributed by atoms with van der Waals surface area (Å²) in [5, 5.41) is 2.90. The molecule has 172 valence electrons. The van der Waals surface area contributed by atoms with Crippen molar-refractivity contribution in [2.45, 2.75) is 31.9 Å². The minimum absolute atomic E-state index is 0.0308. The number of nitrogens with zero attached hydrogens (tertiary/aromatic N) is 5. The number of nitrogens with one attached hydrogen (secondary N) is 1. The van der Waals surface area contributed by atoms with Gasteiger partial charge < -0.3 is 19.9 Å². The van der Waals surface area contributed by atoms with Crippen LogP contribution in [0.4, 0.5) is 30.8 Å². The van der Waals surface area contributed by atoms with E-state index in [2.05, 4.69) is 15.3 Å². The van der Waals surface area contributed by atoms with Crippen LogP contribution in [0.15, 0.2) is 24.4 Å². The molecule has 0 aliphatic carbocycles. The zero-order valence-electron chi connectivity index (χ0n) is 17.7. The smallest absolute Gasteiger partial charge is 0.378 e. The lowest BCUT2D eigenvalue weighted by molar-refractivity contribution is -0.137. The van der Waals surface area contributed by atoms with Crippen LogP contribution in [-0.2, 0) is 15.7 Å². The van der Waals surface area contributed by atoms with Gasteiger partial charge in [-0.25, -0.2) is 9.97 Å². The summed E-state index contributed by atoms with van der Waals surface area (Å²) < 4.78 is 44.6. The minimum Gasteiger partial charge on any atom is -0.378 e. The summed E-state index contributed by atoms with van der Waals surface area (Å²) in [7, 11) is 0. The highest BCUT2D eigenvalue weighted by molar-refractivity contribution is 5.76. The molecule has 0 radical (unpaired) electrons. The molecule has 2 aromatic rings. The number of hydrogen-bond donors (Lipinski definition) is 1. The molecule has 0 saturated carbocycles. The van der Waals surface area contributed by atoms with Gasteiger partial charge >= 0.3 is 6.18 Å². The van der Waals surface area contributed by atoms with Gasteiger partial charge in [-0.05, 0) is 18.6 Å². The van der Waals surface area contributed by atoms with Crippen molar-refractivity contribution in [3.05, 3.63) is 35.7 Å². The average molecular weight is 450 g/mol. The van der Waals surface area contributed by atoms with Gasteiger partial charge in [0.15, 0.2) is 0 Å². The summed E-state index contributed by atoms with van der Waals surface area (Å²) >= 11 is 0. The summed E-state index contributed by atoms with van der Waals surface area (Å²) in [6, 6.07) is 3.61. The number of aromatic nitrogens is 3.